The highest BCUT2D eigenvalue weighted by atomic mass is 19.1. The first-order valence-corrected chi connectivity index (χ1v) is 9.21. The van der Waals surface area contributed by atoms with Crippen LogP contribution in [0.15, 0.2) is 36.4 Å². The summed E-state index contributed by atoms with van der Waals surface area (Å²) >= 11 is 0. The lowest BCUT2D eigenvalue weighted by molar-refractivity contribution is 0.242. The van der Waals surface area contributed by atoms with Gasteiger partial charge in [0.15, 0.2) is 11.6 Å². The van der Waals surface area contributed by atoms with Crippen LogP contribution in [0.2, 0.25) is 0 Å². The summed E-state index contributed by atoms with van der Waals surface area (Å²) in [4.78, 5) is 0. The zero-order valence-electron chi connectivity index (χ0n) is 14.9. The van der Waals surface area contributed by atoms with Crippen LogP contribution >= 0.6 is 0 Å². The second kappa shape index (κ2) is 6.70. The van der Waals surface area contributed by atoms with Gasteiger partial charge < -0.3 is 9.47 Å². The summed E-state index contributed by atoms with van der Waals surface area (Å²) in [5.41, 5.74) is 3.95. The third kappa shape index (κ3) is 2.90. The molecule has 0 bridgehead atoms. The second-order valence-electron chi connectivity index (χ2n) is 7.32. The molecule has 0 unspecified atom stereocenters. The fourth-order valence-electron chi connectivity index (χ4n) is 4.92. The van der Waals surface area contributed by atoms with E-state index in [4.69, 9.17) is 9.47 Å². The van der Waals surface area contributed by atoms with Crippen molar-refractivity contribution in [3.8, 4) is 11.5 Å². The van der Waals surface area contributed by atoms with E-state index in [-0.39, 0.29) is 5.82 Å². The summed E-state index contributed by atoms with van der Waals surface area (Å²) in [6, 6.07) is 12.0. The number of ether oxygens (including phenoxy) is 2. The minimum atomic E-state index is -0.257. The first-order valence-electron chi connectivity index (χ1n) is 9.21. The van der Waals surface area contributed by atoms with Gasteiger partial charge in [0.1, 0.15) is 5.75 Å². The van der Waals surface area contributed by atoms with Gasteiger partial charge >= 0.3 is 0 Å². The average Bonchev–Trinajstić information content (AvgIpc) is 2.67. The van der Waals surface area contributed by atoms with Crippen molar-refractivity contribution < 1.29 is 13.9 Å². The van der Waals surface area contributed by atoms with Crippen LogP contribution in [0.3, 0.4) is 0 Å². The predicted octanol–water partition coefficient (Wildman–Crippen LogP) is 5.46. The molecule has 4 rings (SSSR count). The Balaban J connectivity index is 1.75. The second-order valence-corrected chi connectivity index (χ2v) is 7.32. The Morgan fingerprint density at radius 3 is 2.52 bits per heavy atom. The Hall–Kier alpha value is -2.03. The van der Waals surface area contributed by atoms with Crippen molar-refractivity contribution >= 4 is 0 Å². The molecular weight excluding hydrogens is 315 g/mol. The molecule has 25 heavy (non-hydrogen) atoms. The number of hydrogen-bond donors (Lipinski definition) is 0. The van der Waals surface area contributed by atoms with Crippen LogP contribution in [0.4, 0.5) is 4.39 Å². The maximum atomic E-state index is 14.3. The number of methoxy groups -OCH3 is 2. The molecule has 2 aliphatic carbocycles. The van der Waals surface area contributed by atoms with Crippen LogP contribution in [0, 0.1) is 11.7 Å². The lowest BCUT2D eigenvalue weighted by atomic mass is 9.61. The van der Waals surface area contributed by atoms with Crippen molar-refractivity contribution in [3.63, 3.8) is 0 Å². The van der Waals surface area contributed by atoms with E-state index in [2.05, 4.69) is 12.1 Å². The summed E-state index contributed by atoms with van der Waals surface area (Å²) in [6.45, 7) is 0. The standard InChI is InChI=1S/C22H25FO2/c1-24-16-9-7-14-11-19(15-8-10-22(25-2)21(23)12-15)17-5-3-4-6-18(17)20(14)13-16/h7-10,12-13,17-19H,3-6,11H2,1-2H3/t17-,18+,19-/m0/s1. The van der Waals surface area contributed by atoms with Gasteiger partial charge in [0, 0.05) is 0 Å². The Labute approximate surface area is 149 Å². The molecule has 0 aliphatic heterocycles. The maximum absolute atomic E-state index is 14.3. The Morgan fingerprint density at radius 1 is 0.920 bits per heavy atom. The highest BCUT2D eigenvalue weighted by Gasteiger charge is 2.39. The third-order valence-corrected chi connectivity index (χ3v) is 6.13. The number of fused-ring (bicyclic) bond motifs is 3. The smallest absolute Gasteiger partial charge is 0.165 e. The molecule has 3 heteroatoms. The van der Waals surface area contributed by atoms with Gasteiger partial charge in [0.25, 0.3) is 0 Å². The zero-order chi connectivity index (χ0) is 17.4. The SMILES string of the molecule is COc1ccc2c(c1)[C@@H]1CCCC[C@@H]1[C@H](c1ccc(OC)c(F)c1)C2. The topological polar surface area (TPSA) is 18.5 Å². The van der Waals surface area contributed by atoms with Gasteiger partial charge in [-0.15, -0.1) is 0 Å². The number of rotatable bonds is 3. The van der Waals surface area contributed by atoms with Crippen molar-refractivity contribution in [3.05, 3.63) is 58.9 Å². The van der Waals surface area contributed by atoms with Crippen LogP contribution in [0.1, 0.15) is 54.2 Å². The molecule has 2 aromatic carbocycles. The highest BCUT2D eigenvalue weighted by molar-refractivity contribution is 5.44. The van der Waals surface area contributed by atoms with E-state index in [1.807, 2.05) is 12.1 Å². The molecule has 1 saturated carbocycles. The number of halogens is 1. The summed E-state index contributed by atoms with van der Waals surface area (Å²) in [5.74, 6) is 2.53. The molecule has 1 fully saturated rings. The van der Waals surface area contributed by atoms with E-state index >= 15 is 0 Å². The largest absolute Gasteiger partial charge is 0.497 e. The van der Waals surface area contributed by atoms with E-state index in [1.165, 1.54) is 43.9 Å². The molecule has 0 spiro atoms. The first-order chi connectivity index (χ1) is 12.2. The van der Waals surface area contributed by atoms with E-state index in [9.17, 15) is 4.39 Å². The van der Waals surface area contributed by atoms with Crippen molar-refractivity contribution in [2.24, 2.45) is 5.92 Å². The predicted molar refractivity (Wildman–Crippen MR) is 97.1 cm³/mol. The van der Waals surface area contributed by atoms with E-state index in [0.717, 1.165) is 17.7 Å². The van der Waals surface area contributed by atoms with E-state index in [1.54, 1.807) is 19.2 Å². The molecule has 0 heterocycles. The van der Waals surface area contributed by atoms with Crippen LogP contribution in [-0.2, 0) is 6.42 Å². The van der Waals surface area contributed by atoms with Crippen molar-refractivity contribution in [1.82, 2.24) is 0 Å². The number of hydrogen-bond acceptors (Lipinski definition) is 2. The molecule has 2 aromatic rings. The average molecular weight is 340 g/mol. The highest BCUT2D eigenvalue weighted by Crippen LogP contribution is 2.52. The Morgan fingerprint density at radius 2 is 1.76 bits per heavy atom. The third-order valence-electron chi connectivity index (χ3n) is 6.13. The van der Waals surface area contributed by atoms with Crippen LogP contribution in [0.5, 0.6) is 11.5 Å². The van der Waals surface area contributed by atoms with Gasteiger partial charge in [0.2, 0.25) is 0 Å². The van der Waals surface area contributed by atoms with Crippen molar-refractivity contribution in [2.45, 2.75) is 43.9 Å². The lowest BCUT2D eigenvalue weighted by Gasteiger charge is -2.43. The van der Waals surface area contributed by atoms with E-state index < -0.39 is 0 Å². The van der Waals surface area contributed by atoms with Gasteiger partial charge in [-0.3, -0.25) is 0 Å². The fourth-order valence-corrected chi connectivity index (χ4v) is 4.92. The molecule has 2 nitrogen and oxygen atoms in total. The van der Waals surface area contributed by atoms with Gasteiger partial charge in [-0.25, -0.2) is 4.39 Å². The Bertz CT molecular complexity index is 771. The normalized spacial score (nSPS) is 25.0. The summed E-state index contributed by atoms with van der Waals surface area (Å²) < 4.78 is 24.8. The maximum Gasteiger partial charge on any atom is 0.165 e. The summed E-state index contributed by atoms with van der Waals surface area (Å²) in [5, 5.41) is 0. The molecule has 0 N–H and O–H groups in total. The molecule has 2 aliphatic rings. The molecular formula is C22H25FO2. The quantitative estimate of drug-likeness (QED) is 0.739. The molecule has 0 aromatic heterocycles. The Kier molecular flexibility index (Phi) is 4.41. The summed E-state index contributed by atoms with van der Waals surface area (Å²) in [6.07, 6.45) is 5.98. The molecule has 3 atom stereocenters. The minimum absolute atomic E-state index is 0.257. The van der Waals surface area contributed by atoms with Crippen LogP contribution < -0.4 is 9.47 Å². The lowest BCUT2D eigenvalue weighted by Crippen LogP contribution is -2.31. The van der Waals surface area contributed by atoms with Crippen molar-refractivity contribution in [2.75, 3.05) is 14.2 Å². The molecule has 0 saturated heterocycles. The zero-order valence-corrected chi connectivity index (χ0v) is 14.9. The monoisotopic (exact) mass is 340 g/mol. The molecule has 0 radical (unpaired) electrons. The first kappa shape index (κ1) is 16.4. The van der Waals surface area contributed by atoms with Gasteiger partial charge in [0.05, 0.1) is 14.2 Å². The summed E-state index contributed by atoms with van der Waals surface area (Å²) in [7, 11) is 3.24. The van der Waals surface area contributed by atoms with Gasteiger partial charge in [-0.2, -0.15) is 0 Å². The van der Waals surface area contributed by atoms with E-state index in [0.29, 0.717) is 23.5 Å². The number of benzene rings is 2. The van der Waals surface area contributed by atoms with Gasteiger partial charge in [-0.1, -0.05) is 25.0 Å². The molecule has 0 amide bonds. The van der Waals surface area contributed by atoms with Crippen LogP contribution in [-0.4, -0.2) is 14.2 Å². The van der Waals surface area contributed by atoms with Crippen LogP contribution in [0.25, 0.3) is 0 Å². The van der Waals surface area contributed by atoms with Gasteiger partial charge in [-0.05, 0) is 78.0 Å². The van der Waals surface area contributed by atoms with Crippen molar-refractivity contribution in [1.29, 1.82) is 0 Å². The minimum Gasteiger partial charge on any atom is -0.497 e. The molecule has 132 valence electrons. The fraction of sp³-hybridized carbons (Fsp3) is 0.455.